The maximum absolute atomic E-state index is 10.8. The van der Waals surface area contributed by atoms with Crippen LogP contribution in [0.15, 0.2) is 15.0 Å². The summed E-state index contributed by atoms with van der Waals surface area (Å²) in [4.78, 5) is 31.9. The minimum Gasteiger partial charge on any atom is -0.383 e. The molecule has 35 heavy (non-hydrogen) atoms. The summed E-state index contributed by atoms with van der Waals surface area (Å²) >= 11 is 0. The van der Waals surface area contributed by atoms with Gasteiger partial charge in [-0.1, -0.05) is 41.5 Å². The van der Waals surface area contributed by atoms with Crippen molar-refractivity contribution in [1.29, 1.82) is 0 Å². The molecule has 0 heterocycles. The lowest BCUT2D eigenvalue weighted by Gasteiger charge is -2.06. The van der Waals surface area contributed by atoms with Gasteiger partial charge in [0.25, 0.3) is 0 Å². The van der Waals surface area contributed by atoms with Gasteiger partial charge in [-0.3, -0.25) is 24.6 Å². The summed E-state index contributed by atoms with van der Waals surface area (Å²) in [6.07, 6.45) is -1.12. The van der Waals surface area contributed by atoms with E-state index < -0.39 is 12.2 Å². The highest BCUT2D eigenvalue weighted by atomic mass is 16.3. The van der Waals surface area contributed by atoms with Crippen molar-refractivity contribution in [2.24, 2.45) is 49.4 Å². The summed E-state index contributed by atoms with van der Waals surface area (Å²) in [7, 11) is 1.47. The van der Waals surface area contributed by atoms with Crippen molar-refractivity contribution in [1.82, 2.24) is 5.32 Å². The van der Waals surface area contributed by atoms with Gasteiger partial charge < -0.3 is 49.9 Å². The van der Waals surface area contributed by atoms with E-state index in [-0.39, 0.29) is 36.1 Å². The number of Topliss-reactive ketones (excluding diaryl/α,β-unsaturated/α-hetero) is 1. The van der Waals surface area contributed by atoms with Crippen LogP contribution in [0.1, 0.15) is 68.2 Å². The Bertz CT molecular complexity index is 544. The summed E-state index contributed by atoms with van der Waals surface area (Å²) in [5.41, 5.74) is 29.9. The fraction of sp³-hybridized carbons (Fsp3) is 0.762. The highest BCUT2D eigenvalue weighted by Crippen LogP contribution is 1.96. The Balaban J connectivity index is -0.0000000847. The van der Waals surface area contributed by atoms with E-state index >= 15 is 0 Å². The molecule has 0 aliphatic carbocycles. The molecule has 0 aromatic carbocycles. The van der Waals surface area contributed by atoms with Crippen LogP contribution in [0.2, 0.25) is 0 Å². The maximum Gasteiger partial charge on any atom is 0.248 e. The third kappa shape index (κ3) is 53.8. The van der Waals surface area contributed by atoms with Crippen molar-refractivity contribution in [3.8, 4) is 0 Å². The molecule has 0 radical (unpaired) electrons. The first-order chi connectivity index (χ1) is 16.4. The number of carbonyl (C=O) groups excluding carboxylic acids is 2. The zero-order valence-corrected chi connectivity index (χ0v) is 23.2. The van der Waals surface area contributed by atoms with E-state index in [1.54, 1.807) is 0 Å². The number of nitrogens with zero attached hydrogens (tertiary/aromatic N) is 3. The van der Waals surface area contributed by atoms with E-state index in [2.05, 4.69) is 20.3 Å². The van der Waals surface area contributed by atoms with E-state index in [0.717, 1.165) is 0 Å². The van der Waals surface area contributed by atoms with Crippen LogP contribution in [-0.2, 0) is 9.59 Å². The largest absolute Gasteiger partial charge is 0.383 e. The first kappa shape index (κ1) is 45.4. The molecule has 212 valence electrons. The third-order valence-electron chi connectivity index (χ3n) is 2.74. The molecule has 0 spiro atoms. The normalized spacial score (nSPS) is 9.69. The van der Waals surface area contributed by atoms with E-state index in [1.807, 2.05) is 48.5 Å². The maximum atomic E-state index is 10.8. The average Bonchev–Trinajstić information content (AvgIpc) is 2.83. The Hall–Kier alpha value is -3.13. The molecular weight excluding hydrogens is 456 g/mol. The van der Waals surface area contributed by atoms with Crippen LogP contribution in [0, 0.1) is 0 Å². The fourth-order valence-corrected chi connectivity index (χ4v) is 1.29. The molecule has 0 rings (SSSR count). The minimum absolute atomic E-state index is 0.0226. The number of rotatable bonds is 9. The Morgan fingerprint density at radius 2 is 1.17 bits per heavy atom. The number of hydrogen-bond acceptors (Lipinski definition) is 7. The van der Waals surface area contributed by atoms with Gasteiger partial charge in [-0.25, -0.2) is 0 Å². The molecule has 0 fully saturated rings. The zero-order valence-electron chi connectivity index (χ0n) is 23.2. The minimum atomic E-state index is -1.08. The van der Waals surface area contributed by atoms with E-state index in [4.69, 9.17) is 44.6 Å². The van der Waals surface area contributed by atoms with Gasteiger partial charge in [0, 0.05) is 20.1 Å². The van der Waals surface area contributed by atoms with Gasteiger partial charge in [0.2, 0.25) is 5.91 Å². The highest BCUT2D eigenvalue weighted by Gasteiger charge is 2.11. The van der Waals surface area contributed by atoms with E-state index in [1.165, 1.54) is 14.0 Å². The molecule has 2 atom stereocenters. The van der Waals surface area contributed by atoms with Gasteiger partial charge in [-0.2, -0.15) is 0 Å². The van der Waals surface area contributed by atoms with E-state index in [0.29, 0.717) is 25.9 Å². The molecule has 14 heteroatoms. The lowest BCUT2D eigenvalue weighted by atomic mass is 10.2. The van der Waals surface area contributed by atoms with Gasteiger partial charge in [-0.05, 0) is 26.7 Å². The Labute approximate surface area is 211 Å². The van der Waals surface area contributed by atoms with Crippen LogP contribution in [0.5, 0.6) is 0 Å². The van der Waals surface area contributed by atoms with Gasteiger partial charge in [-0.15, -0.1) is 0 Å². The molecule has 0 saturated heterocycles. The van der Waals surface area contributed by atoms with Crippen molar-refractivity contribution in [2.45, 2.75) is 80.4 Å². The van der Waals surface area contributed by atoms with Crippen LogP contribution in [0.25, 0.3) is 0 Å². The van der Waals surface area contributed by atoms with Crippen LogP contribution >= 0.6 is 0 Å². The summed E-state index contributed by atoms with van der Waals surface area (Å²) < 4.78 is 0. The van der Waals surface area contributed by atoms with Crippen molar-refractivity contribution in [2.75, 3.05) is 26.7 Å². The molecular formula is C21H54N10O4. The number of hydrogen-bond donors (Lipinski definition) is 9. The predicted molar refractivity (Wildman–Crippen MR) is 148 cm³/mol. The smallest absolute Gasteiger partial charge is 0.248 e. The fourth-order valence-electron chi connectivity index (χ4n) is 1.29. The van der Waals surface area contributed by atoms with E-state index in [9.17, 15) is 9.59 Å². The molecule has 14 nitrogen and oxygen atoms in total. The van der Waals surface area contributed by atoms with Crippen LogP contribution in [0.3, 0.4) is 0 Å². The number of nitrogens with one attached hydrogen (secondary N) is 1. The van der Waals surface area contributed by atoms with Gasteiger partial charge in [0.1, 0.15) is 12.2 Å². The van der Waals surface area contributed by atoms with Crippen molar-refractivity contribution in [3.63, 3.8) is 0 Å². The van der Waals surface area contributed by atoms with Crippen LogP contribution < -0.4 is 39.7 Å². The summed E-state index contributed by atoms with van der Waals surface area (Å²) in [6, 6.07) is 0. The monoisotopic (exact) mass is 510 g/mol. The van der Waals surface area contributed by atoms with Crippen molar-refractivity contribution in [3.05, 3.63) is 0 Å². The second-order valence-corrected chi connectivity index (χ2v) is 5.37. The van der Waals surface area contributed by atoms with Crippen molar-refractivity contribution >= 4 is 29.6 Å². The Morgan fingerprint density at radius 1 is 0.771 bits per heavy atom. The second-order valence-electron chi connectivity index (χ2n) is 5.37. The third-order valence-corrected chi connectivity index (χ3v) is 2.74. The van der Waals surface area contributed by atoms with Gasteiger partial charge in [0.05, 0.1) is 6.54 Å². The number of guanidine groups is 3. The molecule has 0 aliphatic rings. The topological polar surface area (TPSA) is 280 Å². The summed E-state index contributed by atoms with van der Waals surface area (Å²) in [6.45, 7) is 16.2. The molecule has 2 unspecified atom stereocenters. The van der Waals surface area contributed by atoms with Crippen LogP contribution in [0.4, 0.5) is 0 Å². The number of likely N-dealkylation sites (N-methyl/N-ethyl adjacent to an activating group) is 1. The zero-order chi connectivity index (χ0) is 29.4. The lowest BCUT2D eigenvalue weighted by molar-refractivity contribution is -0.129. The van der Waals surface area contributed by atoms with Crippen molar-refractivity contribution < 1.29 is 19.8 Å². The molecule has 0 aliphatic heterocycles. The number of aliphatic imine (C=N–C) groups is 3. The average molecular weight is 511 g/mol. The Morgan fingerprint density at radius 3 is 1.43 bits per heavy atom. The summed E-state index contributed by atoms with van der Waals surface area (Å²) in [5.74, 6) is -0.665. The first-order valence-electron chi connectivity index (χ1n) is 11.6. The second kappa shape index (κ2) is 38.1. The predicted octanol–water partition coefficient (Wildman–Crippen LogP) is -1.29. The number of amides is 1. The molecule has 1 amide bonds. The molecule has 0 bridgehead atoms. The summed E-state index contributed by atoms with van der Waals surface area (Å²) in [5, 5.41) is 20.3. The Kier molecular flexibility index (Phi) is 49.5. The SMILES string of the molecule is CC.CC.CC.CC(=O)C(O)CN=C(N)N.CCN=C(N)N.CNC(=O)C(O)CCCN=C(N)N. The number of aliphatic hydroxyl groups excluding tert-OH is 2. The molecule has 0 aromatic rings. The first-order valence-corrected chi connectivity index (χ1v) is 11.6. The quantitative estimate of drug-likeness (QED) is 0.100. The molecule has 15 N–H and O–H groups in total. The lowest BCUT2D eigenvalue weighted by Crippen LogP contribution is -2.31. The highest BCUT2D eigenvalue weighted by molar-refractivity contribution is 5.81. The molecule has 0 aromatic heterocycles. The molecule has 0 saturated carbocycles. The van der Waals surface area contributed by atoms with Gasteiger partial charge in [0.15, 0.2) is 23.7 Å². The van der Waals surface area contributed by atoms with Crippen LogP contribution in [-0.4, -0.2) is 78.7 Å². The number of nitrogens with two attached hydrogens (primary N) is 6. The number of ketones is 1. The standard InChI is InChI=1S/C7H16N4O2.C5H11N3O2.C3H9N3.3C2H6/c1-10-6(13)5(12)3-2-4-11-7(8)9;1-3(9)4(10)2-8-5(6)7;1-2-6-3(4)5;3*1-2/h5,12H,2-4H2,1H3,(H,10,13)(H4,8,9,11);4,10H,2H2,1H3,(H4,6,7,8);2H2,1H3,(H4,4,5,6);3*1-2H3. The number of carbonyl (C=O) groups is 2. The van der Waals surface area contributed by atoms with Gasteiger partial charge >= 0.3 is 0 Å². The number of aliphatic hydroxyl groups is 2.